The second kappa shape index (κ2) is 7.71. The van der Waals surface area contributed by atoms with Crippen LogP contribution in [0, 0.1) is 0 Å². The van der Waals surface area contributed by atoms with Gasteiger partial charge in [-0.3, -0.25) is 4.79 Å². The van der Waals surface area contributed by atoms with Crippen molar-refractivity contribution in [3.8, 4) is 0 Å². The Kier molecular flexibility index (Phi) is 5.94. The van der Waals surface area contributed by atoms with Gasteiger partial charge in [-0.1, -0.05) is 30.3 Å². The maximum absolute atomic E-state index is 11.4. The summed E-state index contributed by atoms with van der Waals surface area (Å²) in [5.74, 6) is 0.732. The van der Waals surface area contributed by atoms with E-state index in [1.807, 2.05) is 31.2 Å². The van der Waals surface area contributed by atoms with Crippen molar-refractivity contribution in [2.45, 2.75) is 23.5 Å². The highest BCUT2D eigenvalue weighted by Gasteiger charge is 2.28. The quantitative estimate of drug-likeness (QED) is 0.512. The monoisotopic (exact) mass is 327 g/mol. The number of thioether (sulfide) groups is 2. The number of hydrogen-bond acceptors (Lipinski definition) is 5. The smallest absolute Gasteiger partial charge is 0.239 e. The average molecular weight is 328 g/mol. The van der Waals surface area contributed by atoms with Crippen molar-refractivity contribution in [3.63, 3.8) is 0 Å². The zero-order valence-electron chi connectivity index (χ0n) is 10.9. The van der Waals surface area contributed by atoms with Crippen LogP contribution in [0.2, 0.25) is 5.02 Å². The summed E-state index contributed by atoms with van der Waals surface area (Å²) in [6, 6.07) is 7.64. The summed E-state index contributed by atoms with van der Waals surface area (Å²) in [5, 5.41) is 12.0. The predicted molar refractivity (Wildman–Crippen MR) is 87.9 cm³/mol. The molecule has 0 bridgehead atoms. The number of nitrogens with one attached hydrogen (secondary N) is 1. The third-order valence-corrected chi connectivity index (χ3v) is 4.93. The average Bonchev–Trinajstić information content (AvgIpc) is 2.81. The summed E-state index contributed by atoms with van der Waals surface area (Å²) in [6.45, 7) is 1.98. The molecule has 0 radical (unpaired) electrons. The first-order valence-corrected chi connectivity index (χ1v) is 8.38. The summed E-state index contributed by atoms with van der Waals surface area (Å²) >= 11 is 8.89. The zero-order chi connectivity index (χ0) is 14.4. The molecule has 1 aromatic rings. The number of nitrogens with zero attached hydrogens (tertiary/aromatic N) is 2. The number of amides is 1. The Hall–Kier alpha value is -0.980. The Balaban J connectivity index is 1.77. The molecule has 1 aliphatic heterocycles. The van der Waals surface area contributed by atoms with Crippen LogP contribution in [0.15, 0.2) is 39.4 Å². The molecule has 1 N–H and O–H groups in total. The number of benzene rings is 1. The van der Waals surface area contributed by atoms with Gasteiger partial charge in [0.2, 0.25) is 5.91 Å². The standard InChI is InChI=1S/C13H14ClN3OS2/c1-2-11-12(18)16-13(20-11)17-15-7-8-19-10-5-3-9(14)4-6-10/h3-7,11H,2,8H2,1H3,(H,16,17,18)/b15-7+. The van der Waals surface area contributed by atoms with Gasteiger partial charge in [-0.25, -0.2) is 0 Å². The van der Waals surface area contributed by atoms with Crippen LogP contribution in [0.5, 0.6) is 0 Å². The fraction of sp³-hybridized carbons (Fsp3) is 0.308. The van der Waals surface area contributed by atoms with Crippen molar-refractivity contribution in [3.05, 3.63) is 29.3 Å². The van der Waals surface area contributed by atoms with Crippen LogP contribution in [0.3, 0.4) is 0 Å². The molecule has 0 aromatic heterocycles. The molecule has 1 aromatic carbocycles. The highest BCUT2D eigenvalue weighted by atomic mass is 35.5. The summed E-state index contributed by atoms with van der Waals surface area (Å²) in [7, 11) is 0. The zero-order valence-corrected chi connectivity index (χ0v) is 13.3. The number of rotatable bonds is 5. The molecule has 20 heavy (non-hydrogen) atoms. The van der Waals surface area contributed by atoms with E-state index in [0.29, 0.717) is 10.9 Å². The van der Waals surface area contributed by atoms with Crippen molar-refractivity contribution >= 4 is 52.4 Å². The molecular weight excluding hydrogens is 314 g/mol. The van der Waals surface area contributed by atoms with Crippen LogP contribution in [-0.2, 0) is 4.79 Å². The summed E-state index contributed by atoms with van der Waals surface area (Å²) in [6.07, 6.45) is 2.52. The van der Waals surface area contributed by atoms with E-state index in [1.165, 1.54) is 11.8 Å². The lowest BCUT2D eigenvalue weighted by Crippen LogP contribution is -2.24. The fourth-order valence-corrected chi connectivity index (χ4v) is 3.16. The lowest BCUT2D eigenvalue weighted by molar-refractivity contribution is -0.118. The molecule has 1 heterocycles. The predicted octanol–water partition coefficient (Wildman–Crippen LogP) is 3.42. The van der Waals surface area contributed by atoms with Gasteiger partial charge in [-0.15, -0.1) is 16.9 Å². The van der Waals surface area contributed by atoms with Crippen LogP contribution in [0.1, 0.15) is 13.3 Å². The first kappa shape index (κ1) is 15.4. The van der Waals surface area contributed by atoms with Gasteiger partial charge < -0.3 is 5.32 Å². The van der Waals surface area contributed by atoms with Gasteiger partial charge in [0.05, 0.1) is 5.25 Å². The SMILES string of the molecule is CCC1S/C(=N\N=C\CSc2ccc(Cl)cc2)NC1=O. The van der Waals surface area contributed by atoms with Gasteiger partial charge in [-0.05, 0) is 30.7 Å². The molecule has 2 rings (SSSR count). The fourth-order valence-electron chi connectivity index (χ4n) is 1.51. The Bertz CT molecular complexity index is 531. The first-order chi connectivity index (χ1) is 9.69. The minimum absolute atomic E-state index is 0.0157. The highest BCUT2D eigenvalue weighted by molar-refractivity contribution is 8.15. The highest BCUT2D eigenvalue weighted by Crippen LogP contribution is 2.22. The van der Waals surface area contributed by atoms with Gasteiger partial charge in [-0.2, -0.15) is 5.10 Å². The van der Waals surface area contributed by atoms with Gasteiger partial charge in [0.15, 0.2) is 5.17 Å². The molecule has 1 fully saturated rings. The number of carbonyl (C=O) groups excluding carboxylic acids is 1. The molecule has 0 aliphatic carbocycles. The Morgan fingerprint density at radius 2 is 2.20 bits per heavy atom. The van der Waals surface area contributed by atoms with E-state index in [0.717, 1.165) is 16.3 Å². The molecule has 7 heteroatoms. The molecule has 0 saturated carbocycles. The Morgan fingerprint density at radius 3 is 2.85 bits per heavy atom. The molecule has 106 valence electrons. The molecule has 4 nitrogen and oxygen atoms in total. The Labute approximate surface area is 131 Å². The minimum atomic E-state index is -0.0348. The Morgan fingerprint density at radius 1 is 1.45 bits per heavy atom. The van der Waals surface area contributed by atoms with Crippen LogP contribution in [0.4, 0.5) is 0 Å². The lowest BCUT2D eigenvalue weighted by Gasteiger charge is -1.97. The van der Waals surface area contributed by atoms with Gasteiger partial charge >= 0.3 is 0 Å². The second-order valence-electron chi connectivity index (χ2n) is 3.97. The van der Waals surface area contributed by atoms with Crippen LogP contribution >= 0.6 is 35.1 Å². The van der Waals surface area contributed by atoms with Crippen molar-refractivity contribution in [2.24, 2.45) is 10.2 Å². The van der Waals surface area contributed by atoms with E-state index in [2.05, 4.69) is 15.5 Å². The maximum atomic E-state index is 11.4. The molecule has 1 saturated heterocycles. The van der Waals surface area contributed by atoms with E-state index < -0.39 is 0 Å². The molecule has 0 spiro atoms. The summed E-state index contributed by atoms with van der Waals surface area (Å²) < 4.78 is 0. The van der Waals surface area contributed by atoms with E-state index in [-0.39, 0.29) is 11.2 Å². The van der Waals surface area contributed by atoms with E-state index >= 15 is 0 Å². The summed E-state index contributed by atoms with van der Waals surface area (Å²) in [5.41, 5.74) is 0. The van der Waals surface area contributed by atoms with E-state index in [9.17, 15) is 4.79 Å². The molecule has 1 unspecified atom stereocenters. The molecule has 1 aliphatic rings. The third kappa shape index (κ3) is 4.54. The number of carbonyl (C=O) groups is 1. The lowest BCUT2D eigenvalue weighted by atomic mass is 10.3. The minimum Gasteiger partial charge on any atom is -0.303 e. The van der Waals surface area contributed by atoms with Crippen LogP contribution < -0.4 is 5.32 Å². The van der Waals surface area contributed by atoms with Crippen molar-refractivity contribution < 1.29 is 4.79 Å². The molecular formula is C13H14ClN3OS2. The molecule has 1 atom stereocenters. The van der Waals surface area contributed by atoms with Crippen LogP contribution in [0.25, 0.3) is 0 Å². The number of amidine groups is 1. The largest absolute Gasteiger partial charge is 0.303 e. The van der Waals surface area contributed by atoms with Gasteiger partial charge in [0.25, 0.3) is 0 Å². The topological polar surface area (TPSA) is 53.8 Å². The first-order valence-electron chi connectivity index (χ1n) is 6.14. The van der Waals surface area contributed by atoms with Gasteiger partial charge in [0.1, 0.15) is 0 Å². The number of halogens is 1. The normalized spacial score (nSPS) is 20.8. The van der Waals surface area contributed by atoms with E-state index in [1.54, 1.807) is 18.0 Å². The van der Waals surface area contributed by atoms with Crippen LogP contribution in [-0.4, -0.2) is 28.3 Å². The summed E-state index contributed by atoms with van der Waals surface area (Å²) in [4.78, 5) is 12.6. The van der Waals surface area contributed by atoms with E-state index in [4.69, 9.17) is 11.6 Å². The molecule has 1 amide bonds. The number of hydrogen-bond donors (Lipinski definition) is 1. The van der Waals surface area contributed by atoms with Crippen molar-refractivity contribution in [1.82, 2.24) is 5.32 Å². The van der Waals surface area contributed by atoms with Gasteiger partial charge in [0, 0.05) is 21.9 Å². The van der Waals surface area contributed by atoms with Crippen molar-refractivity contribution in [2.75, 3.05) is 5.75 Å². The third-order valence-electron chi connectivity index (χ3n) is 2.52. The van der Waals surface area contributed by atoms with Crippen molar-refractivity contribution in [1.29, 1.82) is 0 Å². The maximum Gasteiger partial charge on any atom is 0.239 e. The second-order valence-corrected chi connectivity index (χ2v) is 6.69.